The average molecular weight is 406 g/mol. The molecule has 1 aromatic carbocycles. The van der Waals surface area contributed by atoms with E-state index in [1.807, 2.05) is 0 Å². The lowest BCUT2D eigenvalue weighted by molar-refractivity contribution is -0.135. The molecule has 0 saturated carbocycles. The van der Waals surface area contributed by atoms with Crippen molar-refractivity contribution in [3.8, 4) is 0 Å². The first-order valence-electron chi connectivity index (χ1n) is 7.83. The Morgan fingerprint density at radius 3 is 2.24 bits per heavy atom. The number of amides is 2. The quantitative estimate of drug-likeness (QED) is 0.815. The number of carbonyl (C=O) groups is 2. The summed E-state index contributed by atoms with van der Waals surface area (Å²) in [6, 6.07) is 4.02. The van der Waals surface area contributed by atoms with Crippen LogP contribution in [-0.2, 0) is 19.6 Å². The molecular formula is C15H17Cl2N3O4S. The molecule has 2 aliphatic rings. The van der Waals surface area contributed by atoms with Crippen LogP contribution in [-0.4, -0.2) is 61.7 Å². The molecule has 0 radical (unpaired) electrons. The fourth-order valence-electron chi connectivity index (χ4n) is 3.03. The van der Waals surface area contributed by atoms with Crippen LogP contribution in [0.2, 0.25) is 10.0 Å². The van der Waals surface area contributed by atoms with Gasteiger partial charge in [-0.15, -0.1) is 0 Å². The minimum atomic E-state index is -3.84. The molecule has 2 fully saturated rings. The lowest BCUT2D eigenvalue weighted by Crippen LogP contribution is -2.54. The molecule has 3 rings (SSSR count). The monoisotopic (exact) mass is 405 g/mol. The number of halogens is 2. The molecule has 0 aromatic heterocycles. The van der Waals surface area contributed by atoms with Crippen LogP contribution in [0.4, 0.5) is 0 Å². The van der Waals surface area contributed by atoms with Gasteiger partial charge in [0.15, 0.2) is 0 Å². The molecule has 1 N–H and O–H groups in total. The minimum Gasteiger partial charge on any atom is -0.344 e. The van der Waals surface area contributed by atoms with Crippen molar-refractivity contribution in [1.82, 2.24) is 14.5 Å². The van der Waals surface area contributed by atoms with Crippen molar-refractivity contribution in [2.24, 2.45) is 0 Å². The van der Waals surface area contributed by atoms with Crippen LogP contribution in [0.15, 0.2) is 23.1 Å². The van der Waals surface area contributed by atoms with Gasteiger partial charge in [0.25, 0.3) is 0 Å². The Hall–Kier alpha value is -1.35. The molecule has 10 heteroatoms. The Labute approximate surface area is 155 Å². The number of nitrogens with zero attached hydrogens (tertiary/aromatic N) is 2. The first-order chi connectivity index (χ1) is 11.8. The summed E-state index contributed by atoms with van der Waals surface area (Å²) >= 11 is 12.0. The highest BCUT2D eigenvalue weighted by molar-refractivity contribution is 7.89. The summed E-state index contributed by atoms with van der Waals surface area (Å²) in [5.74, 6) is -0.299. The number of hydrogen-bond donors (Lipinski definition) is 1. The maximum atomic E-state index is 12.8. The van der Waals surface area contributed by atoms with E-state index in [0.29, 0.717) is 12.8 Å². The highest BCUT2D eigenvalue weighted by Gasteiger charge is 2.36. The molecule has 2 heterocycles. The molecule has 2 amide bonds. The Balaban J connectivity index is 1.69. The van der Waals surface area contributed by atoms with Crippen LogP contribution in [0.3, 0.4) is 0 Å². The van der Waals surface area contributed by atoms with E-state index >= 15 is 0 Å². The van der Waals surface area contributed by atoms with Gasteiger partial charge in [-0.1, -0.05) is 29.3 Å². The molecule has 0 bridgehead atoms. The van der Waals surface area contributed by atoms with Gasteiger partial charge < -0.3 is 10.2 Å². The zero-order chi connectivity index (χ0) is 18.2. The van der Waals surface area contributed by atoms with E-state index in [2.05, 4.69) is 5.32 Å². The molecule has 1 aromatic rings. The van der Waals surface area contributed by atoms with E-state index in [1.54, 1.807) is 11.0 Å². The fourth-order valence-corrected chi connectivity index (χ4v) is 5.54. The number of piperazine rings is 1. The second kappa shape index (κ2) is 7.11. The highest BCUT2D eigenvalue weighted by atomic mass is 35.5. The van der Waals surface area contributed by atoms with Crippen molar-refractivity contribution in [2.45, 2.75) is 23.8 Å². The SMILES string of the molecule is O=C1CC[C@H](C(=O)N2CCN(S(=O)(=O)c3c(Cl)cccc3Cl)CC2)N1. The minimum absolute atomic E-state index is 0.0691. The highest BCUT2D eigenvalue weighted by Crippen LogP contribution is 2.31. The standard InChI is InChI=1S/C15H17Cl2N3O4S/c16-10-2-1-3-11(17)14(10)25(23,24)20-8-6-19(7-9-20)15(22)12-4-5-13(21)18-12/h1-3,12H,4-9H2,(H,18,21)/t12-/m1/s1. The molecule has 0 spiro atoms. The van der Waals surface area contributed by atoms with Crippen molar-refractivity contribution < 1.29 is 18.0 Å². The van der Waals surface area contributed by atoms with E-state index in [4.69, 9.17) is 23.2 Å². The number of sulfonamides is 1. The lowest BCUT2D eigenvalue weighted by Gasteiger charge is -2.35. The first kappa shape index (κ1) is 18.4. The van der Waals surface area contributed by atoms with Gasteiger partial charge in [0.2, 0.25) is 21.8 Å². The van der Waals surface area contributed by atoms with Crippen molar-refractivity contribution in [2.75, 3.05) is 26.2 Å². The van der Waals surface area contributed by atoms with Crippen LogP contribution in [0.1, 0.15) is 12.8 Å². The summed E-state index contributed by atoms with van der Waals surface area (Å²) in [7, 11) is -3.84. The zero-order valence-corrected chi connectivity index (χ0v) is 15.6. The Morgan fingerprint density at radius 1 is 1.12 bits per heavy atom. The molecule has 2 saturated heterocycles. The lowest BCUT2D eigenvalue weighted by atomic mass is 10.2. The molecule has 25 heavy (non-hydrogen) atoms. The maximum Gasteiger partial charge on any atom is 0.246 e. The normalized spacial score (nSPS) is 22.1. The van der Waals surface area contributed by atoms with Crippen LogP contribution in [0.5, 0.6) is 0 Å². The van der Waals surface area contributed by atoms with Gasteiger partial charge in [-0.25, -0.2) is 8.42 Å². The predicted octanol–water partition coefficient (Wildman–Crippen LogP) is 1.10. The van der Waals surface area contributed by atoms with Gasteiger partial charge in [-0.2, -0.15) is 4.31 Å². The second-order valence-electron chi connectivity index (χ2n) is 5.94. The smallest absolute Gasteiger partial charge is 0.246 e. The zero-order valence-electron chi connectivity index (χ0n) is 13.2. The van der Waals surface area contributed by atoms with Crippen molar-refractivity contribution in [3.63, 3.8) is 0 Å². The average Bonchev–Trinajstić information content (AvgIpc) is 3.00. The second-order valence-corrected chi connectivity index (χ2v) is 8.63. The fraction of sp³-hybridized carbons (Fsp3) is 0.467. The maximum absolute atomic E-state index is 12.8. The summed E-state index contributed by atoms with van der Waals surface area (Å²) in [5.41, 5.74) is 0. The number of hydrogen-bond acceptors (Lipinski definition) is 4. The number of carbonyl (C=O) groups excluding carboxylic acids is 2. The molecule has 2 aliphatic heterocycles. The van der Waals surface area contributed by atoms with Gasteiger partial charge in [-0.3, -0.25) is 9.59 Å². The van der Waals surface area contributed by atoms with E-state index in [0.717, 1.165) is 0 Å². The van der Waals surface area contributed by atoms with Crippen molar-refractivity contribution >= 4 is 45.0 Å². The Morgan fingerprint density at radius 2 is 1.72 bits per heavy atom. The van der Waals surface area contributed by atoms with Gasteiger partial charge in [0.05, 0.1) is 10.0 Å². The Kier molecular flexibility index (Phi) is 5.24. The number of nitrogens with one attached hydrogen (secondary N) is 1. The van der Waals surface area contributed by atoms with Gasteiger partial charge in [-0.05, 0) is 18.6 Å². The van der Waals surface area contributed by atoms with E-state index < -0.39 is 16.1 Å². The third-order valence-corrected chi connectivity index (χ3v) is 7.22. The first-order valence-corrected chi connectivity index (χ1v) is 10.0. The van der Waals surface area contributed by atoms with E-state index in [9.17, 15) is 18.0 Å². The summed E-state index contributed by atoms with van der Waals surface area (Å²) in [6.45, 7) is 0.811. The molecule has 0 aliphatic carbocycles. The molecule has 1 atom stereocenters. The van der Waals surface area contributed by atoms with Gasteiger partial charge >= 0.3 is 0 Å². The predicted molar refractivity (Wildman–Crippen MR) is 93.0 cm³/mol. The molecule has 0 unspecified atom stereocenters. The third-order valence-electron chi connectivity index (χ3n) is 4.36. The largest absolute Gasteiger partial charge is 0.344 e. The molecular weight excluding hydrogens is 389 g/mol. The van der Waals surface area contributed by atoms with E-state index in [-0.39, 0.29) is 52.9 Å². The Bertz CT molecular complexity index is 787. The summed E-state index contributed by atoms with van der Waals surface area (Å²) < 4.78 is 26.9. The number of rotatable bonds is 3. The molecule has 7 nitrogen and oxygen atoms in total. The topological polar surface area (TPSA) is 86.8 Å². The van der Waals surface area contributed by atoms with Crippen molar-refractivity contribution in [3.05, 3.63) is 28.2 Å². The van der Waals surface area contributed by atoms with Crippen LogP contribution < -0.4 is 5.32 Å². The number of benzene rings is 1. The summed E-state index contributed by atoms with van der Waals surface area (Å²) in [5, 5.41) is 2.77. The summed E-state index contributed by atoms with van der Waals surface area (Å²) in [4.78, 5) is 25.1. The van der Waals surface area contributed by atoms with Gasteiger partial charge in [0.1, 0.15) is 10.9 Å². The van der Waals surface area contributed by atoms with Crippen molar-refractivity contribution in [1.29, 1.82) is 0 Å². The van der Waals surface area contributed by atoms with E-state index in [1.165, 1.54) is 16.4 Å². The third kappa shape index (κ3) is 3.62. The van der Waals surface area contributed by atoms with Crippen LogP contribution >= 0.6 is 23.2 Å². The van der Waals surface area contributed by atoms with Crippen LogP contribution in [0, 0.1) is 0 Å². The molecule has 136 valence electrons. The summed E-state index contributed by atoms with van der Waals surface area (Å²) in [6.07, 6.45) is 0.821. The van der Waals surface area contributed by atoms with Gasteiger partial charge in [0, 0.05) is 32.6 Å². The van der Waals surface area contributed by atoms with Crippen LogP contribution in [0.25, 0.3) is 0 Å².